The first-order valence-corrected chi connectivity index (χ1v) is 10.7. The van der Waals surface area contributed by atoms with Crippen LogP contribution in [-0.2, 0) is 11.4 Å². The summed E-state index contributed by atoms with van der Waals surface area (Å²) in [6, 6.07) is 29.1. The molecule has 0 bridgehead atoms. The molecule has 0 N–H and O–H groups in total. The third-order valence-electron chi connectivity index (χ3n) is 6.35. The van der Waals surface area contributed by atoms with E-state index in [2.05, 4.69) is 67.6 Å². The highest BCUT2D eigenvalue weighted by molar-refractivity contribution is 6.02. The van der Waals surface area contributed by atoms with E-state index in [-0.39, 0.29) is 11.8 Å². The minimum Gasteiger partial charge on any atom is -0.489 e. The van der Waals surface area contributed by atoms with Gasteiger partial charge in [-0.15, -0.1) is 0 Å². The van der Waals surface area contributed by atoms with E-state index in [0.717, 1.165) is 17.0 Å². The smallest absolute Gasteiger partial charge is 0.227 e. The number of ether oxygens (including phenoxy) is 1. The van der Waals surface area contributed by atoms with Crippen LogP contribution in [0.3, 0.4) is 0 Å². The Kier molecular flexibility index (Phi) is 4.95. The van der Waals surface area contributed by atoms with Gasteiger partial charge in [0.25, 0.3) is 0 Å². The molecule has 1 aliphatic rings. The van der Waals surface area contributed by atoms with Gasteiger partial charge in [0.15, 0.2) is 0 Å². The van der Waals surface area contributed by atoms with Crippen molar-refractivity contribution < 1.29 is 9.53 Å². The molecule has 0 aromatic heterocycles. The molecule has 0 spiro atoms. The molecular formula is C28H25NO2. The quantitative estimate of drug-likeness (QED) is 0.402. The molecule has 1 unspecified atom stereocenters. The number of carbonyl (C=O) groups is 1. The fourth-order valence-corrected chi connectivity index (χ4v) is 4.50. The third kappa shape index (κ3) is 3.57. The van der Waals surface area contributed by atoms with Gasteiger partial charge in [-0.3, -0.25) is 4.79 Å². The van der Waals surface area contributed by atoms with E-state index < -0.39 is 0 Å². The van der Waals surface area contributed by atoms with Crippen LogP contribution in [0.2, 0.25) is 0 Å². The number of carbonyl (C=O) groups excluding carboxylic acids is 1. The highest BCUT2D eigenvalue weighted by Crippen LogP contribution is 2.43. The van der Waals surface area contributed by atoms with Gasteiger partial charge >= 0.3 is 0 Å². The van der Waals surface area contributed by atoms with Crippen LogP contribution < -0.4 is 9.64 Å². The van der Waals surface area contributed by atoms with Crippen LogP contribution in [-0.4, -0.2) is 13.0 Å². The maximum absolute atomic E-state index is 12.7. The van der Waals surface area contributed by atoms with Crippen LogP contribution in [0.4, 0.5) is 5.69 Å². The summed E-state index contributed by atoms with van der Waals surface area (Å²) in [4.78, 5) is 14.5. The summed E-state index contributed by atoms with van der Waals surface area (Å²) < 4.78 is 6.02. The molecule has 154 valence electrons. The van der Waals surface area contributed by atoms with Crippen molar-refractivity contribution in [2.75, 3.05) is 11.9 Å². The number of hydrogen-bond acceptors (Lipinski definition) is 2. The van der Waals surface area contributed by atoms with E-state index >= 15 is 0 Å². The molecule has 0 radical (unpaired) electrons. The first-order valence-electron chi connectivity index (χ1n) is 10.7. The molecule has 0 saturated carbocycles. The summed E-state index contributed by atoms with van der Waals surface area (Å²) in [7, 11) is 1.87. The van der Waals surface area contributed by atoms with E-state index in [0.29, 0.717) is 13.0 Å². The molecule has 31 heavy (non-hydrogen) atoms. The number of anilines is 1. The van der Waals surface area contributed by atoms with Crippen molar-refractivity contribution in [3.63, 3.8) is 0 Å². The summed E-state index contributed by atoms with van der Waals surface area (Å²) in [5.41, 5.74) is 5.79. The maximum Gasteiger partial charge on any atom is 0.227 e. The molecular weight excluding hydrogens is 382 g/mol. The summed E-state index contributed by atoms with van der Waals surface area (Å²) >= 11 is 0. The van der Waals surface area contributed by atoms with E-state index in [1.165, 1.54) is 27.5 Å². The normalized spacial score (nSPS) is 15.7. The van der Waals surface area contributed by atoms with Gasteiger partial charge in [-0.1, -0.05) is 66.7 Å². The Morgan fingerprint density at radius 1 is 0.903 bits per heavy atom. The number of hydrogen-bond donors (Lipinski definition) is 0. The number of benzene rings is 4. The van der Waals surface area contributed by atoms with Crippen molar-refractivity contribution in [1.82, 2.24) is 0 Å². The fraction of sp³-hybridized carbons (Fsp3) is 0.179. The summed E-state index contributed by atoms with van der Waals surface area (Å²) in [6.07, 6.45) is 0.473. The topological polar surface area (TPSA) is 29.5 Å². The highest BCUT2D eigenvalue weighted by atomic mass is 16.5. The molecule has 1 amide bonds. The first-order chi connectivity index (χ1) is 15.1. The second kappa shape index (κ2) is 7.92. The SMILES string of the molecule is Cc1ccccc1COc1ccc(C2CC(=O)N(C)c3ccc4ccccc4c32)cc1. The van der Waals surface area contributed by atoms with Crippen molar-refractivity contribution in [3.8, 4) is 5.75 Å². The van der Waals surface area contributed by atoms with Crippen LogP contribution in [0.5, 0.6) is 5.75 Å². The van der Waals surface area contributed by atoms with Crippen LogP contribution in [0.15, 0.2) is 84.9 Å². The number of rotatable bonds is 4. The lowest BCUT2D eigenvalue weighted by Gasteiger charge is -2.33. The number of aryl methyl sites for hydroxylation is 1. The molecule has 3 nitrogen and oxygen atoms in total. The molecule has 3 heteroatoms. The Hall–Kier alpha value is -3.59. The minimum atomic E-state index is 0.0372. The number of fused-ring (bicyclic) bond motifs is 3. The van der Waals surface area contributed by atoms with Gasteiger partial charge in [-0.25, -0.2) is 0 Å². The molecule has 4 aromatic carbocycles. The summed E-state index contributed by atoms with van der Waals surface area (Å²) in [5.74, 6) is 1.02. The predicted octanol–water partition coefficient (Wildman–Crippen LogP) is 6.23. The van der Waals surface area contributed by atoms with Crippen LogP contribution in [0.25, 0.3) is 10.8 Å². The zero-order chi connectivity index (χ0) is 21.4. The highest BCUT2D eigenvalue weighted by Gasteiger charge is 2.31. The Bertz CT molecular complexity index is 1260. The van der Waals surface area contributed by atoms with Crippen molar-refractivity contribution in [3.05, 3.63) is 107 Å². The fourth-order valence-electron chi connectivity index (χ4n) is 4.50. The second-order valence-corrected chi connectivity index (χ2v) is 8.21. The zero-order valence-electron chi connectivity index (χ0n) is 17.8. The molecule has 5 rings (SSSR count). The lowest BCUT2D eigenvalue weighted by Crippen LogP contribution is -2.33. The molecule has 0 aliphatic carbocycles. The molecule has 1 aliphatic heterocycles. The van der Waals surface area contributed by atoms with Gasteiger partial charge in [-0.05, 0) is 58.1 Å². The van der Waals surface area contributed by atoms with Gasteiger partial charge in [-0.2, -0.15) is 0 Å². The molecule has 4 aromatic rings. The number of nitrogens with zero attached hydrogens (tertiary/aromatic N) is 1. The van der Waals surface area contributed by atoms with Crippen LogP contribution >= 0.6 is 0 Å². The molecule has 1 heterocycles. The third-order valence-corrected chi connectivity index (χ3v) is 6.35. The van der Waals surface area contributed by atoms with E-state index in [9.17, 15) is 4.79 Å². The van der Waals surface area contributed by atoms with E-state index in [1.807, 2.05) is 31.3 Å². The van der Waals surface area contributed by atoms with Gasteiger partial charge in [0.05, 0.1) is 0 Å². The standard InChI is InChI=1S/C28H25NO2/c1-19-7-3-4-9-22(19)18-31-23-14-11-21(12-15-23)25-17-27(30)29(2)26-16-13-20-8-5-6-10-24(20)28(25)26/h3-16,25H,17-18H2,1-2H3. The molecule has 0 fully saturated rings. The Balaban J connectivity index is 1.47. The van der Waals surface area contributed by atoms with Gasteiger partial charge in [0.2, 0.25) is 5.91 Å². The average molecular weight is 408 g/mol. The monoisotopic (exact) mass is 407 g/mol. The van der Waals surface area contributed by atoms with Crippen molar-refractivity contribution in [2.24, 2.45) is 0 Å². The number of amides is 1. The predicted molar refractivity (Wildman–Crippen MR) is 126 cm³/mol. The van der Waals surface area contributed by atoms with Crippen molar-refractivity contribution >= 4 is 22.4 Å². The lowest BCUT2D eigenvalue weighted by atomic mass is 9.81. The molecule has 1 atom stereocenters. The van der Waals surface area contributed by atoms with Crippen LogP contribution in [0, 0.1) is 6.92 Å². The Morgan fingerprint density at radius 3 is 2.45 bits per heavy atom. The minimum absolute atomic E-state index is 0.0372. The van der Waals surface area contributed by atoms with Crippen molar-refractivity contribution in [2.45, 2.75) is 25.9 Å². The Labute approximate surface area is 182 Å². The summed E-state index contributed by atoms with van der Waals surface area (Å²) in [5, 5.41) is 2.41. The first kappa shape index (κ1) is 19.4. The van der Waals surface area contributed by atoms with Gasteiger partial charge in [0.1, 0.15) is 12.4 Å². The van der Waals surface area contributed by atoms with E-state index in [4.69, 9.17) is 4.74 Å². The zero-order valence-corrected chi connectivity index (χ0v) is 17.8. The maximum atomic E-state index is 12.7. The lowest BCUT2D eigenvalue weighted by molar-refractivity contribution is -0.118. The average Bonchev–Trinajstić information content (AvgIpc) is 2.81. The van der Waals surface area contributed by atoms with Crippen molar-refractivity contribution in [1.29, 1.82) is 0 Å². The van der Waals surface area contributed by atoms with Gasteiger partial charge in [0, 0.05) is 25.1 Å². The van der Waals surface area contributed by atoms with Crippen LogP contribution in [0.1, 0.15) is 34.6 Å². The van der Waals surface area contributed by atoms with Gasteiger partial charge < -0.3 is 9.64 Å². The largest absolute Gasteiger partial charge is 0.489 e. The molecule has 0 saturated heterocycles. The second-order valence-electron chi connectivity index (χ2n) is 8.21. The Morgan fingerprint density at radius 2 is 1.65 bits per heavy atom. The summed E-state index contributed by atoms with van der Waals surface area (Å²) in [6.45, 7) is 2.65. The van der Waals surface area contributed by atoms with E-state index in [1.54, 1.807) is 4.90 Å².